The lowest BCUT2D eigenvalue weighted by atomic mass is 9.99. The molecule has 1 aromatic carbocycles. The summed E-state index contributed by atoms with van der Waals surface area (Å²) in [4.78, 5) is 27.9. The number of aromatic nitrogens is 1. The first-order chi connectivity index (χ1) is 10.1. The Hall–Kier alpha value is -2.01. The highest BCUT2D eigenvalue weighted by Gasteiger charge is 2.15. The van der Waals surface area contributed by atoms with Gasteiger partial charge in [-0.1, -0.05) is 28.1 Å². The third-order valence-corrected chi connectivity index (χ3v) is 3.48. The number of hydrogen-bond acceptors (Lipinski definition) is 4. The number of carbonyl (C=O) groups excluding carboxylic acids is 2. The number of ether oxygens (including phenoxy) is 1. The van der Waals surface area contributed by atoms with Crippen LogP contribution in [-0.2, 0) is 22.4 Å². The first-order valence-corrected chi connectivity index (χ1v) is 7.17. The van der Waals surface area contributed by atoms with Crippen LogP contribution in [0.4, 0.5) is 0 Å². The van der Waals surface area contributed by atoms with Crippen molar-refractivity contribution in [1.29, 1.82) is 0 Å². The van der Waals surface area contributed by atoms with Crippen LogP contribution in [0, 0.1) is 0 Å². The molecule has 108 valence electrons. The maximum absolute atomic E-state index is 12.1. The van der Waals surface area contributed by atoms with Gasteiger partial charge in [0.2, 0.25) is 0 Å². The highest BCUT2D eigenvalue weighted by atomic mass is 79.9. The number of pyridine rings is 1. The van der Waals surface area contributed by atoms with E-state index in [0.717, 1.165) is 10.0 Å². The Labute approximate surface area is 131 Å². The van der Waals surface area contributed by atoms with E-state index in [0.29, 0.717) is 17.5 Å². The Kier molecular flexibility index (Phi) is 5.22. The average Bonchev–Trinajstić information content (AvgIpc) is 2.49. The van der Waals surface area contributed by atoms with Crippen molar-refractivity contribution in [3.8, 4) is 0 Å². The Morgan fingerprint density at radius 1 is 1.24 bits per heavy atom. The molecule has 0 aliphatic heterocycles. The number of benzene rings is 1. The standard InChI is InChI=1S/C16H14BrNO3/c1-21-16(20)15-9-13(17)5-4-12(15)8-14(19)7-11-3-2-6-18-10-11/h2-6,9-10H,7-8H2,1H3. The zero-order valence-corrected chi connectivity index (χ0v) is 13.1. The number of hydrogen-bond donors (Lipinski definition) is 0. The van der Waals surface area contributed by atoms with Crippen LogP contribution in [0.25, 0.3) is 0 Å². The molecule has 0 aliphatic carbocycles. The molecular formula is C16H14BrNO3. The van der Waals surface area contributed by atoms with E-state index in [2.05, 4.69) is 20.9 Å². The fraction of sp³-hybridized carbons (Fsp3) is 0.188. The second-order valence-electron chi connectivity index (χ2n) is 4.55. The van der Waals surface area contributed by atoms with E-state index in [1.165, 1.54) is 7.11 Å². The van der Waals surface area contributed by atoms with Crippen molar-refractivity contribution in [2.45, 2.75) is 12.8 Å². The Morgan fingerprint density at radius 3 is 2.71 bits per heavy atom. The Morgan fingerprint density at radius 2 is 2.05 bits per heavy atom. The normalized spacial score (nSPS) is 10.2. The molecule has 21 heavy (non-hydrogen) atoms. The van der Waals surface area contributed by atoms with Gasteiger partial charge in [0.25, 0.3) is 0 Å². The molecule has 4 nitrogen and oxygen atoms in total. The number of ketones is 1. The first-order valence-electron chi connectivity index (χ1n) is 6.37. The highest BCUT2D eigenvalue weighted by Crippen LogP contribution is 2.19. The molecule has 0 atom stereocenters. The van der Waals surface area contributed by atoms with E-state index in [-0.39, 0.29) is 12.2 Å². The zero-order valence-electron chi connectivity index (χ0n) is 11.5. The predicted molar refractivity (Wildman–Crippen MR) is 82.1 cm³/mol. The number of methoxy groups -OCH3 is 1. The number of nitrogens with zero attached hydrogens (tertiary/aromatic N) is 1. The topological polar surface area (TPSA) is 56.3 Å². The number of esters is 1. The van der Waals surface area contributed by atoms with Crippen LogP contribution in [0.2, 0.25) is 0 Å². The fourth-order valence-corrected chi connectivity index (χ4v) is 2.37. The summed E-state index contributed by atoms with van der Waals surface area (Å²) in [5, 5.41) is 0. The number of Topliss-reactive ketones (excluding diaryl/α,β-unsaturated/α-hetero) is 1. The summed E-state index contributed by atoms with van der Waals surface area (Å²) in [6.07, 6.45) is 3.82. The van der Waals surface area contributed by atoms with Gasteiger partial charge >= 0.3 is 5.97 Å². The SMILES string of the molecule is COC(=O)c1cc(Br)ccc1CC(=O)Cc1cccnc1. The smallest absolute Gasteiger partial charge is 0.338 e. The summed E-state index contributed by atoms with van der Waals surface area (Å²) in [5.41, 5.74) is 1.93. The van der Waals surface area contributed by atoms with Crippen LogP contribution in [0.15, 0.2) is 47.2 Å². The Balaban J connectivity index is 2.15. The van der Waals surface area contributed by atoms with Crippen molar-refractivity contribution in [2.75, 3.05) is 7.11 Å². The Bertz CT molecular complexity index is 656. The minimum atomic E-state index is -0.444. The molecule has 0 radical (unpaired) electrons. The third-order valence-electron chi connectivity index (χ3n) is 2.99. The molecule has 0 fully saturated rings. The molecule has 2 rings (SSSR count). The molecular weight excluding hydrogens is 334 g/mol. The highest BCUT2D eigenvalue weighted by molar-refractivity contribution is 9.10. The van der Waals surface area contributed by atoms with Crippen molar-refractivity contribution in [3.63, 3.8) is 0 Å². The lowest BCUT2D eigenvalue weighted by molar-refractivity contribution is -0.117. The summed E-state index contributed by atoms with van der Waals surface area (Å²) >= 11 is 3.31. The van der Waals surface area contributed by atoms with E-state index in [1.807, 2.05) is 6.07 Å². The van der Waals surface area contributed by atoms with E-state index in [4.69, 9.17) is 4.74 Å². The summed E-state index contributed by atoms with van der Waals surface area (Å²) in [7, 11) is 1.32. The lowest BCUT2D eigenvalue weighted by Crippen LogP contribution is -2.12. The van der Waals surface area contributed by atoms with Gasteiger partial charge in [-0.2, -0.15) is 0 Å². The minimum absolute atomic E-state index is 0.0236. The molecule has 0 unspecified atom stereocenters. The number of halogens is 1. The van der Waals surface area contributed by atoms with Crippen LogP contribution in [0.3, 0.4) is 0 Å². The number of carbonyl (C=O) groups is 2. The molecule has 0 amide bonds. The van der Waals surface area contributed by atoms with Crippen LogP contribution >= 0.6 is 15.9 Å². The number of rotatable bonds is 5. The molecule has 0 aliphatic rings. The van der Waals surface area contributed by atoms with Crippen molar-refractivity contribution in [1.82, 2.24) is 4.98 Å². The van der Waals surface area contributed by atoms with Crippen molar-refractivity contribution >= 4 is 27.7 Å². The molecule has 0 saturated heterocycles. The van der Waals surface area contributed by atoms with Crippen LogP contribution < -0.4 is 0 Å². The first kappa shape index (κ1) is 15.4. The van der Waals surface area contributed by atoms with Crippen molar-refractivity contribution < 1.29 is 14.3 Å². The zero-order chi connectivity index (χ0) is 15.2. The molecule has 1 heterocycles. The molecule has 0 N–H and O–H groups in total. The maximum Gasteiger partial charge on any atom is 0.338 e. The van der Waals surface area contributed by atoms with Crippen molar-refractivity contribution in [3.05, 3.63) is 63.9 Å². The average molecular weight is 348 g/mol. The summed E-state index contributed by atoms with van der Waals surface area (Å²) in [6.45, 7) is 0. The fourth-order valence-electron chi connectivity index (χ4n) is 2.01. The molecule has 0 saturated carbocycles. The van der Waals surface area contributed by atoms with Gasteiger partial charge in [-0.05, 0) is 29.3 Å². The van der Waals surface area contributed by atoms with Gasteiger partial charge in [-0.15, -0.1) is 0 Å². The summed E-state index contributed by atoms with van der Waals surface area (Å²) in [5.74, 6) is -0.420. The van der Waals surface area contributed by atoms with Gasteiger partial charge < -0.3 is 4.74 Å². The van der Waals surface area contributed by atoms with Gasteiger partial charge in [0, 0.05) is 29.7 Å². The van der Waals surface area contributed by atoms with Gasteiger partial charge in [0.1, 0.15) is 5.78 Å². The second-order valence-corrected chi connectivity index (χ2v) is 5.46. The van der Waals surface area contributed by atoms with E-state index in [9.17, 15) is 9.59 Å². The molecule has 5 heteroatoms. The monoisotopic (exact) mass is 347 g/mol. The van der Waals surface area contributed by atoms with Gasteiger partial charge in [-0.3, -0.25) is 9.78 Å². The largest absolute Gasteiger partial charge is 0.465 e. The van der Waals surface area contributed by atoms with Gasteiger partial charge in [0.05, 0.1) is 12.7 Å². The molecule has 1 aromatic heterocycles. The molecule has 2 aromatic rings. The van der Waals surface area contributed by atoms with Crippen LogP contribution in [0.1, 0.15) is 21.5 Å². The van der Waals surface area contributed by atoms with Gasteiger partial charge in [-0.25, -0.2) is 4.79 Å². The van der Waals surface area contributed by atoms with Gasteiger partial charge in [0.15, 0.2) is 0 Å². The van der Waals surface area contributed by atoms with Crippen LogP contribution in [-0.4, -0.2) is 23.8 Å². The molecule has 0 bridgehead atoms. The summed E-state index contributed by atoms with van der Waals surface area (Å²) in [6, 6.07) is 8.88. The van der Waals surface area contributed by atoms with E-state index < -0.39 is 5.97 Å². The maximum atomic E-state index is 12.1. The minimum Gasteiger partial charge on any atom is -0.465 e. The third kappa shape index (κ3) is 4.23. The summed E-state index contributed by atoms with van der Waals surface area (Å²) < 4.78 is 5.52. The van der Waals surface area contributed by atoms with E-state index in [1.54, 1.807) is 36.7 Å². The second kappa shape index (κ2) is 7.13. The molecule has 0 spiro atoms. The quantitative estimate of drug-likeness (QED) is 0.780. The van der Waals surface area contributed by atoms with E-state index >= 15 is 0 Å². The lowest BCUT2D eigenvalue weighted by Gasteiger charge is -2.08. The predicted octanol–water partition coefficient (Wildman–Crippen LogP) is 2.99. The van der Waals surface area contributed by atoms with Crippen LogP contribution in [0.5, 0.6) is 0 Å². The van der Waals surface area contributed by atoms with Crippen molar-refractivity contribution in [2.24, 2.45) is 0 Å².